The van der Waals surface area contributed by atoms with Crippen molar-refractivity contribution < 1.29 is 4.74 Å². The molecule has 27 heavy (non-hydrogen) atoms. The first kappa shape index (κ1) is 19.4. The molecule has 0 aliphatic rings. The van der Waals surface area contributed by atoms with Gasteiger partial charge in [-0.05, 0) is 48.3 Å². The number of thiocarbonyl (C=S) groups is 1. The van der Waals surface area contributed by atoms with Gasteiger partial charge in [-0.15, -0.1) is 11.3 Å². The predicted octanol–water partition coefficient (Wildman–Crippen LogP) is 5.59. The second-order valence-corrected chi connectivity index (χ2v) is 7.83. The van der Waals surface area contributed by atoms with E-state index >= 15 is 0 Å². The highest BCUT2D eigenvalue weighted by atomic mass is 32.1. The second kappa shape index (κ2) is 9.53. The minimum Gasteiger partial charge on any atom is -0.497 e. The second-order valence-electron chi connectivity index (χ2n) is 6.41. The number of nitrogens with zero attached hydrogens (tertiary/aromatic N) is 1. The smallest absolute Gasteiger partial charge is 0.173 e. The first-order chi connectivity index (χ1) is 13.2. The zero-order chi connectivity index (χ0) is 19.1. The van der Waals surface area contributed by atoms with Gasteiger partial charge in [0, 0.05) is 35.6 Å². The molecule has 2 aromatic carbocycles. The summed E-state index contributed by atoms with van der Waals surface area (Å²) >= 11 is 7.57. The number of thiophene rings is 1. The number of nitrogens with one attached hydrogen (secondary N) is 1. The fraction of sp³-hybridized carbons (Fsp3) is 0.227. The molecule has 0 bridgehead atoms. The molecule has 0 radical (unpaired) electrons. The van der Waals surface area contributed by atoms with Crippen LogP contribution in [0, 0.1) is 0 Å². The number of rotatable bonds is 7. The van der Waals surface area contributed by atoms with Crippen molar-refractivity contribution in [1.82, 2.24) is 4.90 Å². The maximum Gasteiger partial charge on any atom is 0.173 e. The number of ether oxygens (including phenoxy) is 1. The summed E-state index contributed by atoms with van der Waals surface area (Å²) in [6.45, 7) is 2.99. The summed E-state index contributed by atoms with van der Waals surface area (Å²) in [4.78, 5) is 3.62. The molecule has 3 aromatic rings. The van der Waals surface area contributed by atoms with Gasteiger partial charge in [-0.2, -0.15) is 0 Å². The van der Waals surface area contributed by atoms with Crippen LogP contribution in [0.4, 0.5) is 5.69 Å². The Labute approximate surface area is 170 Å². The van der Waals surface area contributed by atoms with Gasteiger partial charge < -0.3 is 15.0 Å². The Hall–Kier alpha value is -2.37. The van der Waals surface area contributed by atoms with Crippen molar-refractivity contribution in [3.05, 3.63) is 82.6 Å². The van der Waals surface area contributed by atoms with Crippen LogP contribution in [-0.4, -0.2) is 23.2 Å². The van der Waals surface area contributed by atoms with Crippen molar-refractivity contribution >= 4 is 34.4 Å². The van der Waals surface area contributed by atoms with Crippen molar-refractivity contribution in [1.29, 1.82) is 0 Å². The zero-order valence-corrected chi connectivity index (χ0v) is 17.2. The van der Waals surface area contributed by atoms with E-state index in [-0.39, 0.29) is 6.04 Å². The molecule has 3 rings (SSSR count). The van der Waals surface area contributed by atoms with Crippen LogP contribution in [0.25, 0.3) is 0 Å². The molecule has 0 aliphatic heterocycles. The highest BCUT2D eigenvalue weighted by Crippen LogP contribution is 2.20. The molecule has 140 valence electrons. The Morgan fingerprint density at radius 2 is 1.93 bits per heavy atom. The maximum absolute atomic E-state index is 5.79. The van der Waals surface area contributed by atoms with E-state index < -0.39 is 0 Å². The number of methoxy groups -OCH3 is 1. The summed E-state index contributed by atoms with van der Waals surface area (Å²) in [7, 11) is 1.67. The fourth-order valence-electron chi connectivity index (χ4n) is 2.93. The normalized spacial score (nSPS) is 11.6. The van der Waals surface area contributed by atoms with Crippen LogP contribution in [-0.2, 0) is 13.0 Å². The zero-order valence-electron chi connectivity index (χ0n) is 15.6. The quantitative estimate of drug-likeness (QED) is 0.526. The molecule has 5 heteroatoms. The lowest BCUT2D eigenvalue weighted by molar-refractivity contribution is 0.326. The van der Waals surface area contributed by atoms with E-state index in [9.17, 15) is 0 Å². The predicted molar refractivity (Wildman–Crippen MR) is 119 cm³/mol. The van der Waals surface area contributed by atoms with Crippen LogP contribution in [0.2, 0.25) is 0 Å². The molecule has 1 aromatic heterocycles. The average molecular weight is 397 g/mol. The van der Waals surface area contributed by atoms with Crippen LogP contribution >= 0.6 is 23.6 Å². The first-order valence-corrected chi connectivity index (χ1v) is 10.2. The van der Waals surface area contributed by atoms with E-state index in [0.29, 0.717) is 0 Å². The van der Waals surface area contributed by atoms with Crippen LogP contribution in [0.3, 0.4) is 0 Å². The van der Waals surface area contributed by atoms with Crippen molar-refractivity contribution in [2.75, 3.05) is 12.4 Å². The Balaban J connectivity index is 1.77. The standard InChI is InChI=1S/C22H24N2OS2/c1-17(14-21-12-7-13-27-21)24(16-18-8-4-3-5-9-18)22(26)23-19-10-6-11-20(15-19)25-2/h3-13,15,17H,14,16H2,1-2H3,(H,23,26)/t17-/m1/s1. The minimum absolute atomic E-state index is 0.273. The van der Waals surface area contributed by atoms with Gasteiger partial charge in [0.15, 0.2) is 5.11 Å². The van der Waals surface area contributed by atoms with Gasteiger partial charge in [0.25, 0.3) is 0 Å². The molecule has 0 spiro atoms. The molecular weight excluding hydrogens is 372 g/mol. The summed E-state index contributed by atoms with van der Waals surface area (Å²) in [6.07, 6.45) is 0.963. The van der Waals surface area contributed by atoms with Gasteiger partial charge in [-0.3, -0.25) is 0 Å². The highest BCUT2D eigenvalue weighted by Gasteiger charge is 2.19. The van der Waals surface area contributed by atoms with Gasteiger partial charge in [-0.25, -0.2) is 0 Å². The molecule has 0 aliphatic carbocycles. The molecule has 3 nitrogen and oxygen atoms in total. The average Bonchev–Trinajstić information content (AvgIpc) is 3.20. The molecular formula is C22H24N2OS2. The molecule has 1 heterocycles. The molecule has 0 fully saturated rings. The van der Waals surface area contributed by atoms with Crippen LogP contribution < -0.4 is 10.1 Å². The lowest BCUT2D eigenvalue weighted by Gasteiger charge is -2.32. The SMILES string of the molecule is COc1cccc(NC(=S)N(Cc2ccccc2)[C@H](C)Cc2cccs2)c1. The van der Waals surface area contributed by atoms with Crippen molar-refractivity contribution in [2.24, 2.45) is 0 Å². The van der Waals surface area contributed by atoms with E-state index in [1.165, 1.54) is 10.4 Å². The van der Waals surface area contributed by atoms with E-state index in [4.69, 9.17) is 17.0 Å². The Bertz CT molecular complexity index is 850. The summed E-state index contributed by atoms with van der Waals surface area (Å²) in [6, 6.07) is 22.8. The van der Waals surface area contributed by atoms with Crippen LogP contribution in [0.1, 0.15) is 17.4 Å². The third-order valence-corrected chi connectivity index (χ3v) is 5.62. The van der Waals surface area contributed by atoms with E-state index in [1.54, 1.807) is 18.4 Å². The largest absolute Gasteiger partial charge is 0.497 e. The maximum atomic E-state index is 5.79. The number of hydrogen-bond acceptors (Lipinski definition) is 3. The van der Waals surface area contributed by atoms with Crippen molar-refractivity contribution in [2.45, 2.75) is 25.9 Å². The van der Waals surface area contributed by atoms with Gasteiger partial charge in [0.05, 0.1) is 7.11 Å². The molecule has 1 atom stereocenters. The van der Waals surface area contributed by atoms with Crippen molar-refractivity contribution in [3.63, 3.8) is 0 Å². The van der Waals surface area contributed by atoms with E-state index in [1.807, 2.05) is 30.3 Å². The van der Waals surface area contributed by atoms with Gasteiger partial charge in [0.1, 0.15) is 5.75 Å². The Kier molecular flexibility index (Phi) is 6.85. The first-order valence-electron chi connectivity index (χ1n) is 8.93. The van der Waals surface area contributed by atoms with Crippen LogP contribution in [0.15, 0.2) is 72.1 Å². The van der Waals surface area contributed by atoms with Crippen molar-refractivity contribution in [3.8, 4) is 5.75 Å². The third-order valence-electron chi connectivity index (χ3n) is 4.39. The summed E-state index contributed by atoms with van der Waals surface area (Å²) in [5, 5.41) is 6.22. The summed E-state index contributed by atoms with van der Waals surface area (Å²) in [5.74, 6) is 0.809. The van der Waals surface area contributed by atoms with E-state index in [0.717, 1.165) is 29.5 Å². The summed E-state index contributed by atoms with van der Waals surface area (Å²) < 4.78 is 5.31. The molecule has 0 unspecified atom stereocenters. The van der Waals surface area contributed by atoms with E-state index in [2.05, 4.69) is 58.9 Å². The fourth-order valence-corrected chi connectivity index (χ4v) is 4.12. The Morgan fingerprint density at radius 3 is 2.63 bits per heavy atom. The van der Waals surface area contributed by atoms with Gasteiger partial charge in [-0.1, -0.05) is 42.5 Å². The number of anilines is 1. The van der Waals surface area contributed by atoms with Crippen LogP contribution in [0.5, 0.6) is 5.75 Å². The number of benzene rings is 2. The molecule has 1 N–H and O–H groups in total. The Morgan fingerprint density at radius 1 is 1.11 bits per heavy atom. The lowest BCUT2D eigenvalue weighted by Crippen LogP contribution is -2.41. The highest BCUT2D eigenvalue weighted by molar-refractivity contribution is 7.80. The molecule has 0 amide bonds. The van der Waals surface area contributed by atoms with Gasteiger partial charge in [0.2, 0.25) is 0 Å². The van der Waals surface area contributed by atoms with Gasteiger partial charge >= 0.3 is 0 Å². The molecule has 0 saturated carbocycles. The third kappa shape index (κ3) is 5.55. The number of hydrogen-bond donors (Lipinski definition) is 1. The lowest BCUT2D eigenvalue weighted by atomic mass is 10.1. The molecule has 0 saturated heterocycles. The monoisotopic (exact) mass is 396 g/mol. The minimum atomic E-state index is 0.273. The summed E-state index contributed by atoms with van der Waals surface area (Å²) in [5.41, 5.74) is 2.17. The topological polar surface area (TPSA) is 24.5 Å².